The maximum atomic E-state index is 11.9. The van der Waals surface area contributed by atoms with E-state index in [1.807, 2.05) is 0 Å². The number of likely N-dealkylation sites (tertiary alicyclic amines) is 1. The SMILES string of the molecule is CS(=O)(=O)N(CC(=O)N1CCC1)c1cccc(N)c1. The van der Waals surface area contributed by atoms with Crippen molar-refractivity contribution < 1.29 is 13.2 Å². The lowest BCUT2D eigenvalue weighted by Crippen LogP contribution is -2.48. The Bertz CT molecular complexity index is 582. The smallest absolute Gasteiger partial charge is 0.243 e. The summed E-state index contributed by atoms with van der Waals surface area (Å²) >= 11 is 0. The third kappa shape index (κ3) is 3.17. The normalized spacial score (nSPS) is 14.9. The molecule has 0 aliphatic carbocycles. The highest BCUT2D eigenvalue weighted by Gasteiger charge is 2.26. The van der Waals surface area contributed by atoms with Gasteiger partial charge in [-0.25, -0.2) is 8.42 Å². The Kier molecular flexibility index (Phi) is 3.66. The van der Waals surface area contributed by atoms with Gasteiger partial charge < -0.3 is 10.6 Å². The highest BCUT2D eigenvalue weighted by Crippen LogP contribution is 2.20. The number of anilines is 2. The third-order valence-corrected chi connectivity index (χ3v) is 4.19. The monoisotopic (exact) mass is 283 g/mol. The minimum absolute atomic E-state index is 0.178. The summed E-state index contributed by atoms with van der Waals surface area (Å²) in [4.78, 5) is 13.6. The molecular weight excluding hydrogens is 266 g/mol. The molecule has 0 aromatic heterocycles. The molecule has 0 spiro atoms. The Hall–Kier alpha value is -1.76. The van der Waals surface area contributed by atoms with Gasteiger partial charge in [0.05, 0.1) is 11.9 Å². The fraction of sp³-hybridized carbons (Fsp3) is 0.417. The van der Waals surface area contributed by atoms with E-state index in [-0.39, 0.29) is 12.5 Å². The molecule has 1 heterocycles. The molecule has 1 aromatic carbocycles. The van der Waals surface area contributed by atoms with Gasteiger partial charge in [0.1, 0.15) is 6.54 Å². The Morgan fingerprint density at radius 2 is 2.11 bits per heavy atom. The highest BCUT2D eigenvalue weighted by atomic mass is 32.2. The number of nitrogens with two attached hydrogens (primary N) is 1. The lowest BCUT2D eigenvalue weighted by Gasteiger charge is -2.33. The van der Waals surface area contributed by atoms with Crippen molar-refractivity contribution in [2.45, 2.75) is 6.42 Å². The van der Waals surface area contributed by atoms with Crippen LogP contribution in [0.15, 0.2) is 24.3 Å². The first-order valence-electron chi connectivity index (χ1n) is 5.99. The van der Waals surface area contributed by atoms with E-state index < -0.39 is 10.0 Å². The number of amides is 1. The van der Waals surface area contributed by atoms with E-state index in [2.05, 4.69) is 0 Å². The summed E-state index contributed by atoms with van der Waals surface area (Å²) in [7, 11) is -3.52. The molecule has 104 valence electrons. The maximum absolute atomic E-state index is 11.9. The van der Waals surface area contributed by atoms with Crippen LogP contribution < -0.4 is 10.0 Å². The Morgan fingerprint density at radius 3 is 2.58 bits per heavy atom. The van der Waals surface area contributed by atoms with Gasteiger partial charge in [0, 0.05) is 18.8 Å². The summed E-state index contributed by atoms with van der Waals surface area (Å²) in [6, 6.07) is 6.50. The number of nitrogens with zero attached hydrogens (tertiary/aromatic N) is 2. The van der Waals surface area contributed by atoms with Gasteiger partial charge in [0.25, 0.3) is 0 Å². The van der Waals surface area contributed by atoms with Gasteiger partial charge in [-0.05, 0) is 24.6 Å². The predicted molar refractivity (Wildman–Crippen MR) is 74.2 cm³/mol. The van der Waals surface area contributed by atoms with Gasteiger partial charge in [0.2, 0.25) is 15.9 Å². The van der Waals surface area contributed by atoms with Gasteiger partial charge in [-0.3, -0.25) is 9.10 Å². The minimum Gasteiger partial charge on any atom is -0.399 e. The Balaban J connectivity index is 2.24. The molecule has 1 fully saturated rings. The molecule has 7 heteroatoms. The zero-order chi connectivity index (χ0) is 14.0. The van der Waals surface area contributed by atoms with E-state index in [4.69, 9.17) is 5.73 Å². The molecular formula is C12H17N3O3S. The molecule has 0 unspecified atom stereocenters. The summed E-state index contributed by atoms with van der Waals surface area (Å²) in [5.74, 6) is -0.181. The van der Waals surface area contributed by atoms with Crippen LogP contribution in [0.1, 0.15) is 6.42 Å². The van der Waals surface area contributed by atoms with Crippen molar-refractivity contribution in [1.29, 1.82) is 0 Å². The van der Waals surface area contributed by atoms with Crippen molar-refractivity contribution >= 4 is 27.3 Å². The van der Waals surface area contributed by atoms with Gasteiger partial charge in [-0.15, -0.1) is 0 Å². The maximum Gasteiger partial charge on any atom is 0.243 e. The van der Waals surface area contributed by atoms with E-state index in [9.17, 15) is 13.2 Å². The molecule has 1 amide bonds. The van der Waals surface area contributed by atoms with Crippen molar-refractivity contribution in [2.24, 2.45) is 0 Å². The van der Waals surface area contributed by atoms with Crippen LogP contribution in [0.2, 0.25) is 0 Å². The fourth-order valence-electron chi connectivity index (χ4n) is 1.87. The predicted octanol–water partition coefficient (Wildman–Crippen LogP) is 0.267. The van der Waals surface area contributed by atoms with E-state index in [0.717, 1.165) is 17.0 Å². The summed E-state index contributed by atoms with van der Waals surface area (Å²) in [5, 5.41) is 0. The Labute approximate surface area is 112 Å². The summed E-state index contributed by atoms with van der Waals surface area (Å²) in [5.41, 5.74) is 6.52. The van der Waals surface area contributed by atoms with Crippen molar-refractivity contribution in [3.63, 3.8) is 0 Å². The van der Waals surface area contributed by atoms with Crippen molar-refractivity contribution in [2.75, 3.05) is 35.9 Å². The summed E-state index contributed by atoms with van der Waals surface area (Å²) in [6.45, 7) is 1.23. The molecule has 19 heavy (non-hydrogen) atoms. The van der Waals surface area contributed by atoms with E-state index in [1.165, 1.54) is 0 Å². The van der Waals surface area contributed by atoms with Crippen molar-refractivity contribution in [1.82, 2.24) is 4.90 Å². The first kappa shape index (κ1) is 13.7. The topological polar surface area (TPSA) is 83.7 Å². The van der Waals surface area contributed by atoms with Crippen LogP contribution in [0.25, 0.3) is 0 Å². The van der Waals surface area contributed by atoms with Crippen LogP contribution in [-0.2, 0) is 14.8 Å². The zero-order valence-electron chi connectivity index (χ0n) is 10.7. The van der Waals surface area contributed by atoms with Gasteiger partial charge >= 0.3 is 0 Å². The molecule has 0 saturated carbocycles. The first-order chi connectivity index (χ1) is 8.88. The number of benzene rings is 1. The molecule has 1 aliphatic rings. The van der Waals surface area contributed by atoms with Crippen LogP contribution in [0.4, 0.5) is 11.4 Å². The summed E-state index contributed by atoms with van der Waals surface area (Å²) in [6.07, 6.45) is 2.06. The second-order valence-corrected chi connectivity index (χ2v) is 6.51. The van der Waals surface area contributed by atoms with Crippen molar-refractivity contribution in [3.8, 4) is 0 Å². The van der Waals surface area contributed by atoms with Gasteiger partial charge in [0.15, 0.2) is 0 Å². The zero-order valence-corrected chi connectivity index (χ0v) is 11.6. The number of rotatable bonds is 4. The van der Waals surface area contributed by atoms with Crippen LogP contribution in [0, 0.1) is 0 Å². The van der Waals surface area contributed by atoms with Gasteiger partial charge in [-0.2, -0.15) is 0 Å². The molecule has 2 rings (SSSR count). The quantitative estimate of drug-likeness (QED) is 0.804. The lowest BCUT2D eigenvalue weighted by molar-refractivity contribution is -0.132. The molecule has 6 nitrogen and oxygen atoms in total. The first-order valence-corrected chi connectivity index (χ1v) is 7.84. The average Bonchev–Trinajstić information content (AvgIpc) is 2.21. The van der Waals surface area contributed by atoms with E-state index in [1.54, 1.807) is 29.2 Å². The minimum atomic E-state index is -3.52. The number of carbonyl (C=O) groups excluding carboxylic acids is 1. The number of hydrogen-bond acceptors (Lipinski definition) is 4. The van der Waals surface area contributed by atoms with Crippen LogP contribution in [-0.4, -0.2) is 45.1 Å². The second-order valence-electron chi connectivity index (χ2n) is 4.60. The summed E-state index contributed by atoms with van der Waals surface area (Å²) < 4.78 is 24.7. The molecule has 1 aliphatic heterocycles. The third-order valence-electron chi connectivity index (χ3n) is 3.05. The Morgan fingerprint density at radius 1 is 1.42 bits per heavy atom. The number of carbonyl (C=O) groups is 1. The van der Waals surface area contributed by atoms with E-state index >= 15 is 0 Å². The largest absolute Gasteiger partial charge is 0.399 e. The molecule has 2 N–H and O–H groups in total. The molecule has 0 radical (unpaired) electrons. The molecule has 0 bridgehead atoms. The highest BCUT2D eigenvalue weighted by molar-refractivity contribution is 7.92. The van der Waals surface area contributed by atoms with Gasteiger partial charge in [-0.1, -0.05) is 6.07 Å². The fourth-order valence-corrected chi connectivity index (χ4v) is 2.71. The number of nitrogen functional groups attached to an aromatic ring is 1. The van der Waals surface area contributed by atoms with E-state index in [0.29, 0.717) is 24.5 Å². The number of hydrogen-bond donors (Lipinski definition) is 1. The van der Waals surface area contributed by atoms with Crippen LogP contribution in [0.5, 0.6) is 0 Å². The van der Waals surface area contributed by atoms with Crippen molar-refractivity contribution in [3.05, 3.63) is 24.3 Å². The van der Waals surface area contributed by atoms with Crippen LogP contribution >= 0.6 is 0 Å². The second kappa shape index (κ2) is 5.08. The lowest BCUT2D eigenvalue weighted by atomic mass is 10.2. The molecule has 1 saturated heterocycles. The molecule has 1 aromatic rings. The average molecular weight is 283 g/mol. The standard InChI is InChI=1S/C12H17N3O3S/c1-19(17,18)15(9-12(16)14-6-3-7-14)11-5-2-4-10(13)8-11/h2,4-5,8H,3,6-7,9,13H2,1H3. The van der Waals surface area contributed by atoms with Crippen LogP contribution in [0.3, 0.4) is 0 Å². The molecule has 0 atom stereocenters. The number of sulfonamides is 1.